The molecule has 2 aromatic carbocycles. The lowest BCUT2D eigenvalue weighted by Crippen LogP contribution is -2.14. The lowest BCUT2D eigenvalue weighted by atomic mass is 10.2. The molecule has 6 heteroatoms. The van der Waals surface area contributed by atoms with Crippen LogP contribution in [-0.2, 0) is 4.74 Å². The van der Waals surface area contributed by atoms with Crippen LogP contribution in [0.2, 0.25) is 0 Å². The van der Waals surface area contributed by atoms with Gasteiger partial charge in [0, 0.05) is 23.3 Å². The lowest BCUT2D eigenvalue weighted by Gasteiger charge is -2.14. The summed E-state index contributed by atoms with van der Waals surface area (Å²) in [5, 5.41) is 2.93. The van der Waals surface area contributed by atoms with E-state index in [-0.39, 0.29) is 12.0 Å². The number of carbonyl (C=O) groups is 1. The monoisotopic (exact) mass is 373 g/mol. The summed E-state index contributed by atoms with van der Waals surface area (Å²) in [6.07, 6.45) is 2.48. The van der Waals surface area contributed by atoms with E-state index < -0.39 is 0 Å². The molecule has 0 radical (unpaired) electrons. The van der Waals surface area contributed by atoms with Gasteiger partial charge in [0.25, 0.3) is 5.91 Å². The first-order valence-corrected chi connectivity index (χ1v) is 9.56. The Labute approximate surface area is 158 Å². The van der Waals surface area contributed by atoms with E-state index in [1.807, 2.05) is 24.3 Å². The van der Waals surface area contributed by atoms with Gasteiger partial charge in [0.05, 0.1) is 31.6 Å². The third kappa shape index (κ3) is 4.51. The molecule has 0 aromatic heterocycles. The molecular formula is C20H23NO4S. The van der Waals surface area contributed by atoms with Crippen molar-refractivity contribution in [2.24, 2.45) is 0 Å². The molecule has 1 amide bonds. The van der Waals surface area contributed by atoms with Crippen LogP contribution < -0.4 is 14.8 Å². The molecule has 1 fully saturated rings. The van der Waals surface area contributed by atoms with Gasteiger partial charge in [-0.2, -0.15) is 0 Å². The number of methoxy groups -OCH3 is 2. The first kappa shape index (κ1) is 18.6. The number of carbonyl (C=O) groups excluding carboxylic acids is 1. The Bertz CT molecular complexity index is 759. The fourth-order valence-electron chi connectivity index (χ4n) is 2.83. The second kappa shape index (κ2) is 8.96. The van der Waals surface area contributed by atoms with Gasteiger partial charge in [-0.1, -0.05) is 12.1 Å². The van der Waals surface area contributed by atoms with Crippen molar-refractivity contribution < 1.29 is 19.0 Å². The number of thioether (sulfide) groups is 1. The average Bonchev–Trinajstić information content (AvgIpc) is 3.20. The quantitative estimate of drug-likeness (QED) is 0.736. The number of benzene rings is 2. The smallest absolute Gasteiger partial charge is 0.256 e. The first-order chi connectivity index (χ1) is 12.7. The van der Waals surface area contributed by atoms with Gasteiger partial charge in [-0.3, -0.25) is 4.79 Å². The normalized spacial score (nSPS) is 16.3. The van der Waals surface area contributed by atoms with Crippen molar-refractivity contribution in [2.45, 2.75) is 23.8 Å². The van der Waals surface area contributed by atoms with Crippen molar-refractivity contribution in [2.75, 3.05) is 31.9 Å². The zero-order valence-corrected chi connectivity index (χ0v) is 15.8. The van der Waals surface area contributed by atoms with Crippen molar-refractivity contribution in [3.63, 3.8) is 0 Å². The number of nitrogens with one attached hydrogen (secondary N) is 1. The molecular weight excluding hydrogens is 350 g/mol. The Morgan fingerprint density at radius 2 is 2.08 bits per heavy atom. The van der Waals surface area contributed by atoms with Gasteiger partial charge >= 0.3 is 0 Å². The van der Waals surface area contributed by atoms with Crippen LogP contribution in [0.3, 0.4) is 0 Å². The largest absolute Gasteiger partial charge is 0.497 e. The van der Waals surface area contributed by atoms with Gasteiger partial charge in [-0.25, -0.2) is 0 Å². The van der Waals surface area contributed by atoms with Crippen LogP contribution in [0.15, 0.2) is 47.4 Å². The molecule has 1 aliphatic rings. The maximum atomic E-state index is 12.8. The van der Waals surface area contributed by atoms with E-state index in [1.165, 1.54) is 0 Å². The topological polar surface area (TPSA) is 56.8 Å². The van der Waals surface area contributed by atoms with Crippen molar-refractivity contribution in [3.05, 3.63) is 48.0 Å². The molecule has 1 heterocycles. The lowest BCUT2D eigenvalue weighted by molar-refractivity contribution is 0.102. The number of amides is 1. The molecule has 0 unspecified atom stereocenters. The van der Waals surface area contributed by atoms with Crippen molar-refractivity contribution in [1.82, 2.24) is 0 Å². The summed E-state index contributed by atoms with van der Waals surface area (Å²) in [7, 11) is 3.16. The Kier molecular flexibility index (Phi) is 6.41. The van der Waals surface area contributed by atoms with Crippen LogP contribution in [-0.4, -0.2) is 38.6 Å². The number of anilines is 1. The summed E-state index contributed by atoms with van der Waals surface area (Å²) < 4.78 is 16.2. The highest BCUT2D eigenvalue weighted by molar-refractivity contribution is 7.99. The average molecular weight is 373 g/mol. The fourth-order valence-corrected chi connectivity index (χ4v) is 3.95. The van der Waals surface area contributed by atoms with Gasteiger partial charge in [-0.05, 0) is 37.1 Å². The summed E-state index contributed by atoms with van der Waals surface area (Å²) in [6.45, 7) is 0.838. The third-order valence-electron chi connectivity index (χ3n) is 4.24. The molecule has 3 rings (SSSR count). The Hall–Kier alpha value is -2.18. The summed E-state index contributed by atoms with van der Waals surface area (Å²) in [4.78, 5) is 13.8. The van der Waals surface area contributed by atoms with Crippen LogP contribution >= 0.6 is 11.8 Å². The van der Waals surface area contributed by atoms with Crippen LogP contribution in [0.4, 0.5) is 5.69 Å². The highest BCUT2D eigenvalue weighted by Gasteiger charge is 2.18. The molecule has 138 valence electrons. The standard InChI is InChI=1S/C20H23NO4S/c1-23-14-9-10-17(18(12-14)24-2)21-20(22)16-7-3-4-8-19(16)26-13-15-6-5-11-25-15/h3-4,7-10,12,15H,5-6,11,13H2,1-2H3,(H,21,22)/t15-/m1/s1. The third-order valence-corrected chi connectivity index (χ3v) is 5.44. The fraction of sp³-hybridized carbons (Fsp3) is 0.350. The minimum absolute atomic E-state index is 0.163. The van der Waals surface area contributed by atoms with Gasteiger partial charge in [-0.15, -0.1) is 11.8 Å². The van der Waals surface area contributed by atoms with Crippen molar-refractivity contribution in [1.29, 1.82) is 0 Å². The molecule has 1 N–H and O–H groups in total. The summed E-state index contributed by atoms with van der Waals surface area (Å²) >= 11 is 1.66. The number of ether oxygens (including phenoxy) is 3. The molecule has 0 saturated carbocycles. The highest BCUT2D eigenvalue weighted by Crippen LogP contribution is 2.31. The second-order valence-electron chi connectivity index (χ2n) is 5.96. The molecule has 1 saturated heterocycles. The predicted octanol–water partition coefficient (Wildman–Crippen LogP) is 4.23. The minimum atomic E-state index is -0.163. The number of rotatable bonds is 7. The second-order valence-corrected chi connectivity index (χ2v) is 7.02. The summed E-state index contributed by atoms with van der Waals surface area (Å²) in [6, 6.07) is 12.9. The maximum Gasteiger partial charge on any atom is 0.256 e. The minimum Gasteiger partial charge on any atom is -0.497 e. The molecule has 26 heavy (non-hydrogen) atoms. The van der Waals surface area contributed by atoms with Crippen LogP contribution in [0.5, 0.6) is 11.5 Å². The van der Waals surface area contributed by atoms with E-state index in [0.717, 1.165) is 30.1 Å². The van der Waals surface area contributed by atoms with Gasteiger partial charge in [0.1, 0.15) is 11.5 Å². The van der Waals surface area contributed by atoms with E-state index in [9.17, 15) is 4.79 Å². The van der Waals surface area contributed by atoms with E-state index >= 15 is 0 Å². The van der Waals surface area contributed by atoms with E-state index in [2.05, 4.69) is 5.32 Å². The Morgan fingerprint density at radius 1 is 1.23 bits per heavy atom. The SMILES string of the molecule is COc1ccc(NC(=O)c2ccccc2SC[C@H]2CCCO2)c(OC)c1. The van der Waals surface area contributed by atoms with E-state index in [0.29, 0.717) is 22.7 Å². The zero-order valence-electron chi connectivity index (χ0n) is 15.0. The van der Waals surface area contributed by atoms with Crippen LogP contribution in [0.1, 0.15) is 23.2 Å². The zero-order chi connectivity index (χ0) is 18.4. The van der Waals surface area contributed by atoms with Gasteiger partial charge < -0.3 is 19.5 Å². The maximum absolute atomic E-state index is 12.8. The molecule has 0 bridgehead atoms. The van der Waals surface area contributed by atoms with E-state index in [1.54, 1.807) is 44.2 Å². The molecule has 2 aromatic rings. The summed E-state index contributed by atoms with van der Waals surface area (Å²) in [5.41, 5.74) is 1.26. The van der Waals surface area contributed by atoms with Crippen molar-refractivity contribution in [3.8, 4) is 11.5 Å². The molecule has 0 spiro atoms. The molecule has 1 atom stereocenters. The Balaban J connectivity index is 1.73. The molecule has 1 aliphatic heterocycles. The van der Waals surface area contributed by atoms with Gasteiger partial charge in [0.15, 0.2) is 0 Å². The van der Waals surface area contributed by atoms with E-state index in [4.69, 9.17) is 14.2 Å². The summed E-state index contributed by atoms with van der Waals surface area (Å²) in [5.74, 6) is 1.93. The van der Waals surface area contributed by atoms with Crippen LogP contribution in [0.25, 0.3) is 0 Å². The molecule has 5 nitrogen and oxygen atoms in total. The van der Waals surface area contributed by atoms with Gasteiger partial charge in [0.2, 0.25) is 0 Å². The highest BCUT2D eigenvalue weighted by atomic mass is 32.2. The number of hydrogen-bond acceptors (Lipinski definition) is 5. The Morgan fingerprint density at radius 3 is 2.81 bits per heavy atom. The first-order valence-electron chi connectivity index (χ1n) is 8.58. The number of hydrogen-bond donors (Lipinski definition) is 1. The predicted molar refractivity (Wildman–Crippen MR) is 104 cm³/mol. The molecule has 0 aliphatic carbocycles. The van der Waals surface area contributed by atoms with Crippen LogP contribution in [0, 0.1) is 0 Å². The van der Waals surface area contributed by atoms with Crippen molar-refractivity contribution >= 4 is 23.4 Å².